The lowest BCUT2D eigenvalue weighted by Crippen LogP contribution is -2.44. The van der Waals surface area contributed by atoms with Gasteiger partial charge in [-0.05, 0) is 75.3 Å². The van der Waals surface area contributed by atoms with Gasteiger partial charge in [-0.1, -0.05) is 11.6 Å². The van der Waals surface area contributed by atoms with Crippen molar-refractivity contribution in [3.63, 3.8) is 0 Å². The molecule has 1 aliphatic heterocycles. The molecule has 0 saturated carbocycles. The van der Waals surface area contributed by atoms with Crippen molar-refractivity contribution in [2.75, 3.05) is 43.4 Å². The number of hydrogen-bond donors (Lipinski definition) is 1. The number of benzene rings is 2. The highest BCUT2D eigenvalue weighted by atomic mass is 35.5. The Morgan fingerprint density at radius 1 is 1.07 bits per heavy atom. The number of rotatable bonds is 5. The maximum atomic E-state index is 12.5. The number of piperazine rings is 1. The fourth-order valence-electron chi connectivity index (χ4n) is 3.30. The van der Waals surface area contributed by atoms with Crippen LogP contribution in [0.4, 0.5) is 11.4 Å². The summed E-state index contributed by atoms with van der Waals surface area (Å²) in [5.74, 6) is 0.463. The van der Waals surface area contributed by atoms with Crippen molar-refractivity contribution in [2.45, 2.75) is 26.9 Å². The van der Waals surface area contributed by atoms with Crippen molar-refractivity contribution in [1.29, 1.82) is 0 Å². The normalized spacial score (nSPS) is 16.0. The second-order valence-corrected chi connectivity index (χ2v) is 7.84. The number of halogens is 1. The van der Waals surface area contributed by atoms with Crippen LogP contribution in [0.5, 0.6) is 5.75 Å². The maximum Gasteiger partial charge on any atom is 0.265 e. The third kappa shape index (κ3) is 4.97. The first-order valence-corrected chi connectivity index (χ1v) is 9.99. The number of likely N-dealkylation sites (N-methyl/N-ethyl adjacent to an activating group) is 1. The minimum absolute atomic E-state index is 0.183. The highest BCUT2D eigenvalue weighted by Gasteiger charge is 2.17. The molecule has 0 unspecified atom stereocenters. The Bertz CT molecular complexity index is 807. The molecule has 1 saturated heterocycles. The van der Waals surface area contributed by atoms with Crippen LogP contribution >= 0.6 is 11.6 Å². The Balaban J connectivity index is 1.58. The molecule has 3 rings (SSSR count). The number of carbonyl (C=O) groups is 1. The van der Waals surface area contributed by atoms with Crippen molar-refractivity contribution in [2.24, 2.45) is 0 Å². The summed E-state index contributed by atoms with van der Waals surface area (Å²) in [5, 5.41) is 3.65. The molecule has 6 heteroatoms. The molecule has 1 atom stereocenters. The number of carbonyl (C=O) groups excluding carboxylic acids is 1. The largest absolute Gasteiger partial charge is 0.481 e. The molecule has 1 N–H and O–H groups in total. The topological polar surface area (TPSA) is 44.8 Å². The van der Waals surface area contributed by atoms with Gasteiger partial charge in [0.05, 0.1) is 0 Å². The molecule has 28 heavy (non-hydrogen) atoms. The molecule has 1 aliphatic rings. The van der Waals surface area contributed by atoms with Gasteiger partial charge < -0.3 is 19.9 Å². The first-order valence-electron chi connectivity index (χ1n) is 9.61. The summed E-state index contributed by atoms with van der Waals surface area (Å²) in [6.45, 7) is 9.77. The van der Waals surface area contributed by atoms with Gasteiger partial charge in [-0.15, -0.1) is 0 Å². The Kier molecular flexibility index (Phi) is 6.47. The first kappa shape index (κ1) is 20.5. The van der Waals surface area contributed by atoms with E-state index >= 15 is 0 Å². The van der Waals surface area contributed by atoms with Crippen molar-refractivity contribution >= 4 is 28.9 Å². The summed E-state index contributed by atoms with van der Waals surface area (Å²) < 4.78 is 5.81. The van der Waals surface area contributed by atoms with E-state index in [9.17, 15) is 4.79 Å². The average Bonchev–Trinajstić information content (AvgIpc) is 2.67. The van der Waals surface area contributed by atoms with E-state index in [1.165, 1.54) is 5.69 Å². The van der Waals surface area contributed by atoms with Crippen LogP contribution in [0, 0.1) is 13.8 Å². The molecule has 2 aromatic carbocycles. The molecule has 0 aromatic heterocycles. The van der Waals surface area contributed by atoms with Gasteiger partial charge in [-0.25, -0.2) is 0 Å². The van der Waals surface area contributed by atoms with Crippen molar-refractivity contribution in [3.8, 4) is 5.75 Å². The smallest absolute Gasteiger partial charge is 0.265 e. The molecule has 1 amide bonds. The van der Waals surface area contributed by atoms with Crippen LogP contribution in [0.3, 0.4) is 0 Å². The molecular weight excluding hydrogens is 374 g/mol. The van der Waals surface area contributed by atoms with E-state index in [1.54, 1.807) is 6.92 Å². The molecule has 0 bridgehead atoms. The van der Waals surface area contributed by atoms with Crippen molar-refractivity contribution in [3.05, 3.63) is 52.5 Å². The van der Waals surface area contributed by atoms with E-state index in [4.69, 9.17) is 16.3 Å². The lowest BCUT2D eigenvalue weighted by atomic mass is 10.1. The molecule has 5 nitrogen and oxygen atoms in total. The summed E-state index contributed by atoms with van der Waals surface area (Å²) in [7, 11) is 2.14. The molecule has 1 heterocycles. The summed E-state index contributed by atoms with van der Waals surface area (Å²) in [4.78, 5) is 17.2. The average molecular weight is 402 g/mol. The second-order valence-electron chi connectivity index (χ2n) is 7.46. The highest BCUT2D eigenvalue weighted by molar-refractivity contribution is 6.32. The Hall–Kier alpha value is -2.24. The SMILES string of the molecule is Cc1cc(O[C@H](C)C(=O)Nc2ccc(N3CCN(C)CC3)cc2)cc(C)c1Cl. The Morgan fingerprint density at radius 3 is 2.21 bits per heavy atom. The summed E-state index contributed by atoms with van der Waals surface area (Å²) in [5.41, 5.74) is 3.82. The Labute approximate surface area is 172 Å². The van der Waals surface area contributed by atoms with Gasteiger partial charge in [0.15, 0.2) is 6.10 Å². The van der Waals surface area contributed by atoms with E-state index in [-0.39, 0.29) is 5.91 Å². The third-order valence-electron chi connectivity index (χ3n) is 5.10. The summed E-state index contributed by atoms with van der Waals surface area (Å²) in [6.07, 6.45) is -0.614. The Morgan fingerprint density at radius 2 is 1.64 bits per heavy atom. The van der Waals surface area contributed by atoms with E-state index < -0.39 is 6.10 Å². The molecule has 0 radical (unpaired) electrons. The van der Waals surface area contributed by atoms with Gasteiger partial charge in [0.2, 0.25) is 0 Å². The van der Waals surface area contributed by atoms with E-state index in [1.807, 2.05) is 38.1 Å². The fraction of sp³-hybridized carbons (Fsp3) is 0.409. The number of ether oxygens (including phenoxy) is 1. The standard InChI is InChI=1S/C22H28ClN3O2/c1-15-13-20(14-16(2)21(15)23)28-17(3)22(27)24-18-5-7-19(8-6-18)26-11-9-25(4)10-12-26/h5-8,13-14,17H,9-12H2,1-4H3,(H,24,27)/t17-/m1/s1. The number of aryl methyl sites for hydroxylation is 2. The highest BCUT2D eigenvalue weighted by Crippen LogP contribution is 2.26. The predicted octanol–water partition coefficient (Wildman–Crippen LogP) is 4.11. The number of nitrogens with one attached hydrogen (secondary N) is 1. The summed E-state index contributed by atoms with van der Waals surface area (Å²) in [6, 6.07) is 11.7. The predicted molar refractivity (Wildman–Crippen MR) is 116 cm³/mol. The van der Waals surface area contributed by atoms with Gasteiger partial charge in [0.25, 0.3) is 5.91 Å². The van der Waals surface area contributed by atoms with Gasteiger partial charge in [-0.3, -0.25) is 4.79 Å². The van der Waals surface area contributed by atoms with Crippen LogP contribution in [-0.2, 0) is 4.79 Å². The minimum atomic E-state index is -0.614. The molecule has 1 fully saturated rings. The van der Waals surface area contributed by atoms with E-state index in [2.05, 4.69) is 34.3 Å². The van der Waals surface area contributed by atoms with Crippen LogP contribution in [0.25, 0.3) is 0 Å². The van der Waals surface area contributed by atoms with Crippen LogP contribution < -0.4 is 15.0 Å². The lowest BCUT2D eigenvalue weighted by Gasteiger charge is -2.34. The quantitative estimate of drug-likeness (QED) is 0.818. The molecule has 0 spiro atoms. The van der Waals surface area contributed by atoms with E-state index in [0.717, 1.165) is 48.0 Å². The van der Waals surface area contributed by atoms with Crippen molar-refractivity contribution < 1.29 is 9.53 Å². The second kappa shape index (κ2) is 8.84. The van der Waals surface area contributed by atoms with Crippen LogP contribution in [0.1, 0.15) is 18.1 Å². The zero-order valence-electron chi connectivity index (χ0n) is 17.0. The molecule has 150 valence electrons. The number of anilines is 2. The summed E-state index contributed by atoms with van der Waals surface area (Å²) >= 11 is 6.19. The van der Waals surface area contributed by atoms with Gasteiger partial charge in [-0.2, -0.15) is 0 Å². The lowest BCUT2D eigenvalue weighted by molar-refractivity contribution is -0.122. The minimum Gasteiger partial charge on any atom is -0.481 e. The number of nitrogens with zero attached hydrogens (tertiary/aromatic N) is 2. The number of hydrogen-bond acceptors (Lipinski definition) is 4. The van der Waals surface area contributed by atoms with Gasteiger partial charge in [0, 0.05) is 42.6 Å². The van der Waals surface area contributed by atoms with Gasteiger partial charge in [0.1, 0.15) is 5.75 Å². The first-order chi connectivity index (χ1) is 13.3. The molecular formula is C22H28ClN3O2. The van der Waals surface area contributed by atoms with Crippen molar-refractivity contribution in [1.82, 2.24) is 4.90 Å². The molecule has 2 aromatic rings. The zero-order chi connectivity index (χ0) is 20.3. The van der Waals surface area contributed by atoms with Crippen LogP contribution in [-0.4, -0.2) is 50.1 Å². The van der Waals surface area contributed by atoms with Crippen LogP contribution in [0.2, 0.25) is 5.02 Å². The fourth-order valence-corrected chi connectivity index (χ4v) is 3.41. The number of amides is 1. The van der Waals surface area contributed by atoms with Crippen LogP contribution in [0.15, 0.2) is 36.4 Å². The molecule has 0 aliphatic carbocycles. The third-order valence-corrected chi connectivity index (χ3v) is 5.69. The van der Waals surface area contributed by atoms with E-state index in [0.29, 0.717) is 5.75 Å². The monoisotopic (exact) mass is 401 g/mol. The zero-order valence-corrected chi connectivity index (χ0v) is 17.7. The maximum absolute atomic E-state index is 12.5. The van der Waals surface area contributed by atoms with Gasteiger partial charge >= 0.3 is 0 Å².